The molecule has 3 fully saturated rings. The fourth-order valence-corrected chi connectivity index (χ4v) is 7.18. The van der Waals surface area contributed by atoms with Crippen LogP contribution in [0.5, 0.6) is 5.75 Å². The third-order valence-corrected chi connectivity index (χ3v) is 10.0. The van der Waals surface area contributed by atoms with Crippen molar-refractivity contribution in [2.45, 2.75) is 83.2 Å². The number of nitrogens with two attached hydrogens (primary N) is 1. The molecule has 3 aliphatic rings. The summed E-state index contributed by atoms with van der Waals surface area (Å²) in [4.78, 5) is 38.2. The zero-order valence-electron chi connectivity index (χ0n) is 26.6. The van der Waals surface area contributed by atoms with E-state index in [2.05, 4.69) is 16.0 Å². The lowest BCUT2D eigenvalue weighted by Gasteiger charge is -2.37. The van der Waals surface area contributed by atoms with Gasteiger partial charge in [0.05, 0.1) is 30.1 Å². The summed E-state index contributed by atoms with van der Waals surface area (Å²) < 4.78 is 24.3. The van der Waals surface area contributed by atoms with Gasteiger partial charge in [0.25, 0.3) is 11.8 Å². The van der Waals surface area contributed by atoms with Crippen LogP contribution >= 0.6 is 0 Å². The van der Waals surface area contributed by atoms with E-state index in [1.807, 2.05) is 47.7 Å². The van der Waals surface area contributed by atoms with Gasteiger partial charge in [0.1, 0.15) is 16.9 Å². The Morgan fingerprint density at radius 3 is 2.64 bits per heavy atom. The number of halogens is 1. The molecule has 1 aliphatic heterocycles. The number of imidazole rings is 1. The Bertz CT molecular complexity index is 1820. The number of aromatic nitrogens is 4. The number of carbonyl (C=O) groups is 2. The van der Waals surface area contributed by atoms with E-state index in [1.165, 1.54) is 13.8 Å². The summed E-state index contributed by atoms with van der Waals surface area (Å²) in [6, 6.07) is 9.43. The maximum absolute atomic E-state index is 14.2. The number of rotatable bonds is 8. The highest BCUT2D eigenvalue weighted by Gasteiger charge is 2.41. The monoisotopic (exact) mass is 615 g/mol. The van der Waals surface area contributed by atoms with Crippen molar-refractivity contribution >= 4 is 33.9 Å². The van der Waals surface area contributed by atoms with Crippen LogP contribution in [0.1, 0.15) is 75.0 Å². The van der Waals surface area contributed by atoms with Crippen molar-refractivity contribution in [2.75, 3.05) is 13.7 Å². The van der Waals surface area contributed by atoms with Crippen LogP contribution in [0.4, 0.5) is 4.39 Å². The molecule has 2 aliphatic carbocycles. The number of pyridine rings is 1. The number of hydrogen-bond acceptors (Lipinski definition) is 6. The summed E-state index contributed by atoms with van der Waals surface area (Å²) in [6.45, 7) is 5.67. The van der Waals surface area contributed by atoms with E-state index in [0.29, 0.717) is 40.9 Å². The Labute approximate surface area is 262 Å². The number of carbonyl (C=O) groups excluding carboxylic acids is 2. The third-order valence-electron chi connectivity index (χ3n) is 10.0. The lowest BCUT2D eigenvalue weighted by molar-refractivity contribution is -0.131. The van der Waals surface area contributed by atoms with E-state index in [0.717, 1.165) is 66.7 Å². The van der Waals surface area contributed by atoms with E-state index >= 15 is 0 Å². The maximum atomic E-state index is 14.2. The van der Waals surface area contributed by atoms with E-state index in [-0.39, 0.29) is 18.0 Å². The number of amides is 2. The molecule has 4 aromatic rings. The molecule has 2 saturated carbocycles. The van der Waals surface area contributed by atoms with Gasteiger partial charge < -0.3 is 29.8 Å². The van der Waals surface area contributed by atoms with Crippen molar-refractivity contribution in [3.05, 3.63) is 41.6 Å². The molecule has 1 aromatic carbocycles. The number of piperidine rings is 1. The van der Waals surface area contributed by atoms with E-state index < -0.39 is 17.6 Å². The van der Waals surface area contributed by atoms with Gasteiger partial charge in [-0.3, -0.25) is 9.59 Å². The Morgan fingerprint density at radius 1 is 1.16 bits per heavy atom. The van der Waals surface area contributed by atoms with Crippen molar-refractivity contribution in [1.29, 1.82) is 0 Å². The van der Waals surface area contributed by atoms with Crippen molar-refractivity contribution in [3.63, 3.8) is 0 Å². The number of hydrogen-bond donors (Lipinski definition) is 2. The molecule has 4 heterocycles. The fraction of sp³-hybridized carbons (Fsp3) is 0.529. The van der Waals surface area contributed by atoms with Gasteiger partial charge in [-0.1, -0.05) is 0 Å². The van der Waals surface area contributed by atoms with Gasteiger partial charge in [0.2, 0.25) is 0 Å². The van der Waals surface area contributed by atoms with Crippen molar-refractivity contribution < 1.29 is 18.7 Å². The SMILES string of the molecule is COc1cc(C(=O)N2C[C@H](N)[C@H]3CC[C@@H]2C3)cc2nc(-c3cc4ccc([C@@H](C)NC(=O)C(C)(C)F)nc4n3CC3CC3)n(C)c12. The summed E-state index contributed by atoms with van der Waals surface area (Å²) in [5, 5.41) is 3.70. The predicted octanol–water partition coefficient (Wildman–Crippen LogP) is 4.89. The van der Waals surface area contributed by atoms with Crippen molar-refractivity contribution in [3.8, 4) is 17.3 Å². The zero-order chi connectivity index (χ0) is 31.8. The molecule has 238 valence electrons. The lowest BCUT2D eigenvalue weighted by atomic mass is 9.94. The molecule has 0 radical (unpaired) electrons. The van der Waals surface area contributed by atoms with Crippen LogP contribution in [-0.4, -0.2) is 67.2 Å². The molecule has 10 nitrogen and oxygen atoms in total. The molecular weight excluding hydrogens is 573 g/mol. The zero-order valence-corrected chi connectivity index (χ0v) is 26.6. The summed E-state index contributed by atoms with van der Waals surface area (Å²) in [6.07, 6.45) is 5.36. The molecule has 3 N–H and O–H groups in total. The number of nitrogens with one attached hydrogen (secondary N) is 1. The molecule has 45 heavy (non-hydrogen) atoms. The standard InChI is InChI=1S/C34H42FN7O3/c1-18(37-33(44)34(2,3)35)25-11-9-21-14-27(42(30(21)38-25)16-19-6-7-19)31-39-26-13-22(15-28(45-5)29(26)40(31)4)32(43)41-17-24(36)20-8-10-23(41)12-20/h9,11,13-15,18-20,23-24H,6-8,10,12,16-17,36H2,1-5H3,(H,37,44)/t18-,20+,23-,24+/m1/s1. The minimum atomic E-state index is -1.98. The molecule has 11 heteroatoms. The molecule has 2 amide bonds. The van der Waals surface area contributed by atoms with E-state index in [4.69, 9.17) is 20.4 Å². The van der Waals surface area contributed by atoms with Gasteiger partial charge in [-0.15, -0.1) is 0 Å². The van der Waals surface area contributed by atoms with Gasteiger partial charge in [-0.05, 0) is 95.0 Å². The van der Waals surface area contributed by atoms with Gasteiger partial charge in [0, 0.05) is 43.2 Å². The summed E-state index contributed by atoms with van der Waals surface area (Å²) in [5.41, 5.74) is 8.85. The van der Waals surface area contributed by atoms with Gasteiger partial charge in [0.15, 0.2) is 11.5 Å². The van der Waals surface area contributed by atoms with Crippen LogP contribution in [0.25, 0.3) is 33.6 Å². The maximum Gasteiger partial charge on any atom is 0.257 e. The lowest BCUT2D eigenvalue weighted by Crippen LogP contribution is -2.51. The molecule has 7 rings (SSSR count). The number of ether oxygens (including phenoxy) is 1. The topological polar surface area (TPSA) is 120 Å². The fourth-order valence-electron chi connectivity index (χ4n) is 7.18. The highest BCUT2D eigenvalue weighted by atomic mass is 19.1. The molecule has 3 aromatic heterocycles. The normalized spacial score (nSPS) is 22.3. The first-order valence-electron chi connectivity index (χ1n) is 16.0. The van der Waals surface area contributed by atoms with Crippen LogP contribution in [0, 0.1) is 11.8 Å². The smallest absolute Gasteiger partial charge is 0.257 e. The van der Waals surface area contributed by atoms with Gasteiger partial charge >= 0.3 is 0 Å². The number of fused-ring (bicyclic) bond motifs is 4. The van der Waals surface area contributed by atoms with Crippen molar-refractivity contribution in [2.24, 2.45) is 24.6 Å². The largest absolute Gasteiger partial charge is 0.494 e. The number of likely N-dealkylation sites (tertiary alicyclic amines) is 1. The Hall–Kier alpha value is -3.99. The first-order chi connectivity index (χ1) is 21.4. The van der Waals surface area contributed by atoms with Gasteiger partial charge in [-0.2, -0.15) is 0 Å². The molecule has 1 saturated heterocycles. The number of nitrogens with zero attached hydrogens (tertiary/aromatic N) is 5. The summed E-state index contributed by atoms with van der Waals surface area (Å²) in [7, 11) is 3.58. The average molecular weight is 616 g/mol. The second kappa shape index (κ2) is 10.8. The molecule has 0 spiro atoms. The first kappa shape index (κ1) is 29.7. The number of aryl methyl sites for hydroxylation is 1. The Morgan fingerprint density at radius 2 is 1.93 bits per heavy atom. The van der Waals surface area contributed by atoms with Crippen LogP contribution < -0.4 is 15.8 Å². The van der Waals surface area contributed by atoms with Gasteiger partial charge in [-0.25, -0.2) is 14.4 Å². The van der Waals surface area contributed by atoms with Crippen LogP contribution in [-0.2, 0) is 18.4 Å². The van der Waals surface area contributed by atoms with Crippen LogP contribution in [0.2, 0.25) is 0 Å². The molecule has 2 bridgehead atoms. The third kappa shape index (κ3) is 5.24. The molecular formula is C34H42FN7O3. The van der Waals surface area contributed by atoms with Crippen molar-refractivity contribution in [1.82, 2.24) is 29.3 Å². The quantitative estimate of drug-likeness (QED) is 0.291. The molecule has 0 unspecified atom stereocenters. The highest BCUT2D eigenvalue weighted by molar-refractivity contribution is 6.00. The predicted molar refractivity (Wildman–Crippen MR) is 171 cm³/mol. The first-order valence-corrected chi connectivity index (χ1v) is 16.0. The Balaban J connectivity index is 1.29. The number of alkyl halides is 1. The highest BCUT2D eigenvalue weighted by Crippen LogP contribution is 2.40. The second-order valence-electron chi connectivity index (χ2n) is 13.8. The number of benzene rings is 1. The van der Waals surface area contributed by atoms with E-state index in [1.54, 1.807) is 7.11 Å². The summed E-state index contributed by atoms with van der Waals surface area (Å²) >= 11 is 0. The minimum Gasteiger partial charge on any atom is -0.494 e. The number of methoxy groups -OCH3 is 1. The van der Waals surface area contributed by atoms with Crippen LogP contribution in [0.15, 0.2) is 30.3 Å². The average Bonchev–Trinajstić information content (AvgIpc) is 3.47. The van der Waals surface area contributed by atoms with Crippen LogP contribution in [0.3, 0.4) is 0 Å². The minimum absolute atomic E-state index is 0.0112. The van der Waals surface area contributed by atoms with E-state index in [9.17, 15) is 14.0 Å². The Kier molecular flexibility index (Phi) is 7.14. The summed E-state index contributed by atoms with van der Waals surface area (Å²) in [5.74, 6) is 1.69. The second-order valence-corrected chi connectivity index (χ2v) is 13.8. The molecule has 4 atom stereocenters.